The van der Waals surface area contributed by atoms with Crippen LogP contribution in [0.15, 0.2) is 66.7 Å². The Morgan fingerprint density at radius 3 is 2.63 bits per heavy atom. The van der Waals surface area contributed by atoms with Crippen LogP contribution in [0.2, 0.25) is 0 Å². The molecule has 3 aromatic carbocycles. The molecule has 1 aliphatic rings. The molecule has 0 radical (unpaired) electrons. The summed E-state index contributed by atoms with van der Waals surface area (Å²) >= 11 is 0. The highest BCUT2D eigenvalue weighted by Gasteiger charge is 2.36. The highest BCUT2D eigenvalue weighted by molar-refractivity contribution is 6.02. The Morgan fingerprint density at radius 2 is 1.84 bits per heavy atom. The van der Waals surface area contributed by atoms with Gasteiger partial charge in [0.2, 0.25) is 18.6 Å². The molecule has 2 heterocycles. The third-order valence-electron chi connectivity index (χ3n) is 6.02. The first kappa shape index (κ1) is 25.1. The molecule has 1 N–H and O–H groups in total. The van der Waals surface area contributed by atoms with Crippen LogP contribution in [0.25, 0.3) is 11.0 Å². The summed E-state index contributed by atoms with van der Waals surface area (Å²) in [6.45, 7) is 5.62. The van der Waals surface area contributed by atoms with Crippen molar-refractivity contribution in [1.82, 2.24) is 20.3 Å². The number of rotatable bonds is 7. The molecule has 2 amide bonds. The zero-order chi connectivity index (χ0) is 26.9. The molecular formula is C28H29N5O5. The Bertz CT molecular complexity index is 1490. The molecule has 4 aromatic rings. The number of para-hydroxylation sites is 1. The van der Waals surface area contributed by atoms with Crippen molar-refractivity contribution in [3.63, 3.8) is 0 Å². The van der Waals surface area contributed by atoms with Gasteiger partial charge in [-0.15, -0.1) is 5.10 Å². The van der Waals surface area contributed by atoms with Crippen LogP contribution in [0.3, 0.4) is 0 Å². The molecule has 1 atom stereocenters. The van der Waals surface area contributed by atoms with Gasteiger partial charge in [0.05, 0.1) is 12.6 Å². The lowest BCUT2D eigenvalue weighted by molar-refractivity contribution is -0.128. The summed E-state index contributed by atoms with van der Waals surface area (Å²) in [5.74, 6) is 0.917. The minimum atomic E-state index is -1.02. The van der Waals surface area contributed by atoms with Crippen molar-refractivity contribution in [2.45, 2.75) is 38.9 Å². The Balaban J connectivity index is 1.63. The summed E-state index contributed by atoms with van der Waals surface area (Å²) in [4.78, 5) is 29.5. The summed E-state index contributed by atoms with van der Waals surface area (Å²) < 4.78 is 18.0. The van der Waals surface area contributed by atoms with Crippen molar-refractivity contribution in [3.05, 3.63) is 72.3 Å². The first-order chi connectivity index (χ1) is 18.2. The molecule has 10 nitrogen and oxygen atoms in total. The van der Waals surface area contributed by atoms with E-state index in [4.69, 9.17) is 14.2 Å². The lowest BCUT2D eigenvalue weighted by Gasteiger charge is -2.34. The van der Waals surface area contributed by atoms with Crippen LogP contribution in [0.5, 0.6) is 17.2 Å². The maximum absolute atomic E-state index is 14.1. The number of hydrogen-bond donors (Lipinski definition) is 1. The second-order valence-corrected chi connectivity index (χ2v) is 9.96. The van der Waals surface area contributed by atoms with Gasteiger partial charge in [0.25, 0.3) is 0 Å². The van der Waals surface area contributed by atoms with E-state index in [9.17, 15) is 9.59 Å². The predicted octanol–water partition coefficient (Wildman–Crippen LogP) is 3.86. The molecule has 10 heteroatoms. The SMILES string of the molecule is COc1cccc([C@H](C(=O)NC(C)(C)C)N(C(=O)Cn2nnc3ccccc32)c2ccc3c(c2)OCO3)c1. The summed E-state index contributed by atoms with van der Waals surface area (Å²) in [6.07, 6.45) is 0. The zero-order valence-electron chi connectivity index (χ0n) is 21.7. The average molecular weight is 516 g/mol. The third kappa shape index (κ3) is 5.10. The predicted molar refractivity (Wildman–Crippen MR) is 141 cm³/mol. The first-order valence-corrected chi connectivity index (χ1v) is 12.2. The number of amides is 2. The van der Waals surface area contributed by atoms with Crippen molar-refractivity contribution >= 4 is 28.5 Å². The van der Waals surface area contributed by atoms with Crippen LogP contribution in [0.1, 0.15) is 32.4 Å². The number of fused-ring (bicyclic) bond motifs is 2. The summed E-state index contributed by atoms with van der Waals surface area (Å²) in [5.41, 5.74) is 1.90. The van der Waals surface area contributed by atoms with E-state index in [-0.39, 0.29) is 25.2 Å². The number of hydrogen-bond acceptors (Lipinski definition) is 7. The van der Waals surface area contributed by atoms with E-state index >= 15 is 0 Å². The third-order valence-corrected chi connectivity index (χ3v) is 6.02. The van der Waals surface area contributed by atoms with Crippen molar-refractivity contribution in [2.75, 3.05) is 18.8 Å². The number of anilines is 1. The first-order valence-electron chi connectivity index (χ1n) is 12.2. The number of aromatic nitrogens is 3. The van der Waals surface area contributed by atoms with Gasteiger partial charge >= 0.3 is 0 Å². The molecule has 0 spiro atoms. The van der Waals surface area contributed by atoms with Gasteiger partial charge in [-0.3, -0.25) is 14.5 Å². The van der Waals surface area contributed by atoms with Crippen LogP contribution in [-0.2, 0) is 16.1 Å². The minimum absolute atomic E-state index is 0.0848. The molecule has 0 bridgehead atoms. The Hall–Kier alpha value is -4.60. The van der Waals surface area contributed by atoms with Gasteiger partial charge in [0.15, 0.2) is 11.5 Å². The highest BCUT2D eigenvalue weighted by Crippen LogP contribution is 2.39. The normalized spacial score (nSPS) is 13.3. The van der Waals surface area contributed by atoms with Crippen LogP contribution in [0.4, 0.5) is 5.69 Å². The van der Waals surface area contributed by atoms with E-state index in [0.29, 0.717) is 39.5 Å². The standard InChI is InChI=1S/C28H29N5O5/c1-28(2,3)29-27(35)26(18-8-7-9-20(14-18)36-4)33(19-12-13-23-24(15-19)38-17-37-23)25(34)16-32-22-11-6-5-10-21(22)30-31-32/h5-15,26H,16-17H2,1-4H3,(H,29,35)/t26-/m1/s1. The van der Waals surface area contributed by atoms with Crippen molar-refractivity contribution in [1.29, 1.82) is 0 Å². The number of carbonyl (C=O) groups is 2. The van der Waals surface area contributed by atoms with Gasteiger partial charge in [-0.05, 0) is 62.7 Å². The van der Waals surface area contributed by atoms with E-state index in [1.165, 1.54) is 9.58 Å². The van der Waals surface area contributed by atoms with Crippen molar-refractivity contribution in [2.24, 2.45) is 0 Å². The zero-order valence-corrected chi connectivity index (χ0v) is 21.7. The van der Waals surface area contributed by atoms with Crippen LogP contribution < -0.4 is 24.4 Å². The van der Waals surface area contributed by atoms with Crippen LogP contribution >= 0.6 is 0 Å². The molecule has 0 fully saturated rings. The second kappa shape index (κ2) is 10.0. The Morgan fingerprint density at radius 1 is 1.05 bits per heavy atom. The van der Waals surface area contributed by atoms with Crippen molar-refractivity contribution in [3.8, 4) is 17.2 Å². The highest BCUT2D eigenvalue weighted by atomic mass is 16.7. The maximum atomic E-state index is 14.1. The molecule has 5 rings (SSSR count). The summed E-state index contributed by atoms with van der Waals surface area (Å²) in [5, 5.41) is 11.4. The smallest absolute Gasteiger partial charge is 0.249 e. The molecule has 38 heavy (non-hydrogen) atoms. The van der Waals surface area contributed by atoms with Gasteiger partial charge in [0, 0.05) is 17.3 Å². The largest absolute Gasteiger partial charge is 0.497 e. The van der Waals surface area contributed by atoms with Gasteiger partial charge < -0.3 is 19.5 Å². The summed E-state index contributed by atoms with van der Waals surface area (Å²) in [6, 6.07) is 18.7. The Kier molecular flexibility index (Phi) is 6.62. The van der Waals surface area contributed by atoms with E-state index < -0.39 is 11.6 Å². The molecule has 0 saturated carbocycles. The van der Waals surface area contributed by atoms with E-state index in [0.717, 1.165) is 0 Å². The number of nitrogens with zero attached hydrogens (tertiary/aromatic N) is 4. The van der Waals surface area contributed by atoms with Gasteiger partial charge in [0.1, 0.15) is 23.9 Å². The molecular weight excluding hydrogens is 486 g/mol. The quantitative estimate of drug-likeness (QED) is 0.398. The fraction of sp³-hybridized carbons (Fsp3) is 0.286. The van der Waals surface area contributed by atoms with Gasteiger partial charge in [-0.1, -0.05) is 29.5 Å². The molecule has 196 valence electrons. The summed E-state index contributed by atoms with van der Waals surface area (Å²) in [7, 11) is 1.56. The molecule has 0 aliphatic carbocycles. The van der Waals surface area contributed by atoms with Crippen LogP contribution in [0, 0.1) is 0 Å². The fourth-order valence-electron chi connectivity index (χ4n) is 4.38. The lowest BCUT2D eigenvalue weighted by atomic mass is 10.00. The second-order valence-electron chi connectivity index (χ2n) is 9.96. The van der Waals surface area contributed by atoms with Crippen LogP contribution in [-0.4, -0.2) is 46.2 Å². The maximum Gasteiger partial charge on any atom is 0.249 e. The van der Waals surface area contributed by atoms with Gasteiger partial charge in [-0.2, -0.15) is 0 Å². The van der Waals surface area contributed by atoms with E-state index in [1.54, 1.807) is 49.6 Å². The van der Waals surface area contributed by atoms with E-state index in [2.05, 4.69) is 15.6 Å². The molecule has 0 saturated heterocycles. The number of ether oxygens (including phenoxy) is 3. The number of nitrogens with one attached hydrogen (secondary N) is 1. The number of benzene rings is 3. The Labute approximate surface area is 220 Å². The van der Waals surface area contributed by atoms with Crippen molar-refractivity contribution < 1.29 is 23.8 Å². The average Bonchev–Trinajstić information content (AvgIpc) is 3.52. The molecule has 1 aromatic heterocycles. The van der Waals surface area contributed by atoms with Gasteiger partial charge in [-0.25, -0.2) is 4.68 Å². The molecule has 0 unspecified atom stereocenters. The molecule has 1 aliphatic heterocycles. The topological polar surface area (TPSA) is 108 Å². The number of carbonyl (C=O) groups excluding carboxylic acids is 2. The monoisotopic (exact) mass is 515 g/mol. The lowest BCUT2D eigenvalue weighted by Crippen LogP contribution is -2.50. The number of methoxy groups -OCH3 is 1. The fourth-order valence-corrected chi connectivity index (χ4v) is 4.38. The van der Waals surface area contributed by atoms with E-state index in [1.807, 2.05) is 45.0 Å². The minimum Gasteiger partial charge on any atom is -0.497 e.